The van der Waals surface area contributed by atoms with Gasteiger partial charge in [-0.15, -0.1) is 0 Å². The zero-order chi connectivity index (χ0) is 12.7. The molecule has 1 aromatic carbocycles. The third-order valence-corrected chi connectivity index (χ3v) is 3.22. The lowest BCUT2D eigenvalue weighted by Gasteiger charge is -2.07. The highest BCUT2D eigenvalue weighted by atomic mass is 15.1. The molecule has 2 aromatic rings. The van der Waals surface area contributed by atoms with Crippen molar-refractivity contribution in [2.45, 2.75) is 20.8 Å². The molecular formula is C13H12N4. The molecule has 0 aliphatic heterocycles. The van der Waals surface area contributed by atoms with Crippen molar-refractivity contribution >= 4 is 16.7 Å². The average Bonchev–Trinajstić information content (AvgIpc) is 2.60. The van der Waals surface area contributed by atoms with Crippen molar-refractivity contribution in [3.8, 4) is 6.07 Å². The Morgan fingerprint density at radius 2 is 1.94 bits per heavy atom. The Kier molecular flexibility index (Phi) is 2.37. The van der Waals surface area contributed by atoms with Crippen LogP contribution in [0.2, 0.25) is 0 Å². The molecule has 2 rings (SSSR count). The smallest absolute Gasteiger partial charge is 0.210 e. The highest BCUT2D eigenvalue weighted by molar-refractivity contribution is 5.91. The van der Waals surface area contributed by atoms with Crippen LogP contribution in [0.4, 0.5) is 5.69 Å². The molecule has 4 nitrogen and oxygen atoms in total. The largest absolute Gasteiger partial charge is 0.331 e. The van der Waals surface area contributed by atoms with Crippen molar-refractivity contribution in [2.24, 2.45) is 7.05 Å². The first-order chi connectivity index (χ1) is 8.02. The predicted molar refractivity (Wildman–Crippen MR) is 65.9 cm³/mol. The summed E-state index contributed by atoms with van der Waals surface area (Å²) in [4.78, 5) is 7.94. The number of fused-ring (bicyclic) bond motifs is 1. The van der Waals surface area contributed by atoms with Crippen LogP contribution in [-0.4, -0.2) is 9.55 Å². The maximum absolute atomic E-state index is 9.19. The van der Waals surface area contributed by atoms with Crippen LogP contribution in [0, 0.1) is 38.7 Å². The number of aromatic nitrogens is 2. The Morgan fingerprint density at radius 3 is 2.47 bits per heavy atom. The number of imidazole rings is 1. The number of aryl methyl sites for hydroxylation is 4. The van der Waals surface area contributed by atoms with Crippen LogP contribution < -0.4 is 0 Å². The zero-order valence-electron chi connectivity index (χ0n) is 10.3. The molecule has 0 atom stereocenters. The third-order valence-electron chi connectivity index (χ3n) is 3.22. The van der Waals surface area contributed by atoms with Crippen molar-refractivity contribution in [1.82, 2.24) is 9.55 Å². The standard InChI is InChI=1S/C13H12N4/c1-7-10(6-14)11(15-4)8(2)12-13(7)17(5)9(3)16-12/h1-3,5H3. The lowest BCUT2D eigenvalue weighted by Crippen LogP contribution is -1.95. The van der Waals surface area contributed by atoms with Gasteiger partial charge >= 0.3 is 0 Å². The molecule has 1 heterocycles. The molecule has 84 valence electrons. The molecule has 0 amide bonds. The summed E-state index contributed by atoms with van der Waals surface area (Å²) >= 11 is 0. The minimum atomic E-state index is 0.426. The second-order valence-corrected chi connectivity index (χ2v) is 4.11. The van der Waals surface area contributed by atoms with E-state index in [4.69, 9.17) is 6.57 Å². The number of rotatable bonds is 0. The van der Waals surface area contributed by atoms with Gasteiger partial charge in [0.05, 0.1) is 29.2 Å². The van der Waals surface area contributed by atoms with Gasteiger partial charge in [-0.05, 0) is 31.9 Å². The fraction of sp³-hybridized carbons (Fsp3) is 0.308. The summed E-state index contributed by atoms with van der Waals surface area (Å²) in [6.07, 6.45) is 0. The van der Waals surface area contributed by atoms with Crippen molar-refractivity contribution in [3.63, 3.8) is 0 Å². The molecule has 0 bridgehead atoms. The van der Waals surface area contributed by atoms with Gasteiger partial charge in [0.25, 0.3) is 0 Å². The molecule has 0 aliphatic rings. The lowest BCUT2D eigenvalue weighted by atomic mass is 10.0. The molecule has 0 radical (unpaired) electrons. The zero-order valence-corrected chi connectivity index (χ0v) is 10.3. The third kappa shape index (κ3) is 1.31. The minimum Gasteiger partial charge on any atom is -0.331 e. The van der Waals surface area contributed by atoms with Gasteiger partial charge in [0, 0.05) is 7.05 Å². The van der Waals surface area contributed by atoms with E-state index in [2.05, 4.69) is 15.9 Å². The van der Waals surface area contributed by atoms with Crippen molar-refractivity contribution in [3.05, 3.63) is 33.9 Å². The lowest BCUT2D eigenvalue weighted by molar-refractivity contribution is 0.883. The number of nitriles is 1. The molecule has 0 saturated carbocycles. The molecule has 4 heteroatoms. The van der Waals surface area contributed by atoms with Crippen LogP contribution in [0.15, 0.2) is 0 Å². The van der Waals surface area contributed by atoms with Gasteiger partial charge in [-0.1, -0.05) is 0 Å². The van der Waals surface area contributed by atoms with Crippen molar-refractivity contribution in [2.75, 3.05) is 0 Å². The first-order valence-corrected chi connectivity index (χ1v) is 5.26. The average molecular weight is 224 g/mol. The molecule has 0 N–H and O–H groups in total. The molecule has 17 heavy (non-hydrogen) atoms. The normalized spacial score (nSPS) is 10.2. The molecule has 0 unspecified atom stereocenters. The molecule has 0 fully saturated rings. The van der Waals surface area contributed by atoms with Crippen molar-refractivity contribution < 1.29 is 0 Å². The highest BCUT2D eigenvalue weighted by Crippen LogP contribution is 2.34. The van der Waals surface area contributed by atoms with Crippen LogP contribution in [-0.2, 0) is 7.05 Å². The van der Waals surface area contributed by atoms with E-state index >= 15 is 0 Å². The van der Waals surface area contributed by atoms with Crippen LogP contribution in [0.25, 0.3) is 15.9 Å². The van der Waals surface area contributed by atoms with E-state index in [0.29, 0.717) is 11.3 Å². The number of nitrogens with zero attached hydrogens (tertiary/aromatic N) is 4. The second-order valence-electron chi connectivity index (χ2n) is 4.11. The first-order valence-electron chi connectivity index (χ1n) is 5.26. The van der Waals surface area contributed by atoms with E-state index in [1.807, 2.05) is 32.4 Å². The quantitative estimate of drug-likeness (QED) is 0.646. The monoisotopic (exact) mass is 224 g/mol. The van der Waals surface area contributed by atoms with E-state index < -0.39 is 0 Å². The highest BCUT2D eigenvalue weighted by Gasteiger charge is 2.18. The van der Waals surface area contributed by atoms with E-state index in [1.165, 1.54) is 0 Å². The van der Waals surface area contributed by atoms with Crippen LogP contribution in [0.5, 0.6) is 0 Å². The van der Waals surface area contributed by atoms with Gasteiger partial charge in [-0.3, -0.25) is 0 Å². The summed E-state index contributed by atoms with van der Waals surface area (Å²) < 4.78 is 1.96. The van der Waals surface area contributed by atoms with E-state index in [-0.39, 0.29) is 0 Å². The van der Waals surface area contributed by atoms with Gasteiger partial charge < -0.3 is 4.57 Å². The minimum absolute atomic E-state index is 0.426. The van der Waals surface area contributed by atoms with Gasteiger partial charge in [0.15, 0.2) is 0 Å². The summed E-state index contributed by atoms with van der Waals surface area (Å²) in [5.74, 6) is 0.886. The Labute approximate surface area is 99.9 Å². The summed E-state index contributed by atoms with van der Waals surface area (Å²) in [5, 5.41) is 9.19. The summed E-state index contributed by atoms with van der Waals surface area (Å²) in [5.41, 5.74) is 4.29. The summed E-state index contributed by atoms with van der Waals surface area (Å²) in [7, 11) is 1.93. The fourth-order valence-electron chi connectivity index (χ4n) is 2.17. The van der Waals surface area contributed by atoms with Crippen LogP contribution in [0.1, 0.15) is 22.5 Å². The van der Waals surface area contributed by atoms with Crippen LogP contribution >= 0.6 is 0 Å². The Morgan fingerprint density at radius 1 is 1.29 bits per heavy atom. The molecular weight excluding hydrogens is 212 g/mol. The van der Waals surface area contributed by atoms with Gasteiger partial charge in [0.2, 0.25) is 5.69 Å². The molecule has 0 spiro atoms. The summed E-state index contributed by atoms with van der Waals surface area (Å²) in [6.45, 7) is 12.8. The second kappa shape index (κ2) is 3.61. The Bertz CT molecular complexity index is 708. The number of hydrogen-bond acceptors (Lipinski definition) is 2. The summed E-state index contributed by atoms with van der Waals surface area (Å²) in [6, 6.07) is 2.13. The topological polar surface area (TPSA) is 46.0 Å². The predicted octanol–water partition coefficient (Wildman–Crippen LogP) is 2.92. The Hall–Kier alpha value is -2.33. The van der Waals surface area contributed by atoms with Crippen molar-refractivity contribution in [1.29, 1.82) is 5.26 Å². The van der Waals surface area contributed by atoms with Gasteiger partial charge in [-0.25, -0.2) is 9.83 Å². The molecule has 1 aromatic heterocycles. The van der Waals surface area contributed by atoms with E-state index in [0.717, 1.165) is 28.0 Å². The first kappa shape index (κ1) is 11.2. The van der Waals surface area contributed by atoms with Crippen LogP contribution in [0.3, 0.4) is 0 Å². The molecule has 0 saturated heterocycles. The SMILES string of the molecule is [C-]#[N+]c1c(C#N)c(C)c2c(nc(C)n2C)c1C. The fourth-order valence-corrected chi connectivity index (χ4v) is 2.17. The maximum Gasteiger partial charge on any atom is 0.210 e. The number of hydrogen-bond donors (Lipinski definition) is 0. The number of benzene rings is 1. The van der Waals surface area contributed by atoms with E-state index in [9.17, 15) is 5.26 Å². The molecule has 0 aliphatic carbocycles. The van der Waals surface area contributed by atoms with Gasteiger partial charge in [-0.2, -0.15) is 5.26 Å². The Balaban J connectivity index is 3.13. The van der Waals surface area contributed by atoms with E-state index in [1.54, 1.807) is 0 Å². The maximum atomic E-state index is 9.19. The van der Waals surface area contributed by atoms with Gasteiger partial charge in [0.1, 0.15) is 5.82 Å².